The summed E-state index contributed by atoms with van der Waals surface area (Å²) in [5.41, 5.74) is 2.03. The first-order valence-electron chi connectivity index (χ1n) is 10.00. The van der Waals surface area contributed by atoms with Crippen molar-refractivity contribution in [3.8, 4) is 22.8 Å². The maximum Gasteiger partial charge on any atom is 0.341 e. The largest absolute Gasteiger partial charge is 0.423 e. The number of aryl methyl sites for hydroxylation is 1. The Morgan fingerprint density at radius 3 is 1.97 bits per heavy atom. The van der Waals surface area contributed by atoms with E-state index in [0.717, 1.165) is 31.2 Å². The Morgan fingerprint density at radius 2 is 1.52 bits per heavy atom. The molecule has 1 aromatic carbocycles. The first kappa shape index (κ1) is 24.0. The lowest BCUT2D eigenvalue weighted by Gasteiger charge is -2.11. The van der Waals surface area contributed by atoms with Crippen molar-refractivity contribution < 1.29 is 29.3 Å². The number of aliphatic hydroxyl groups excluding tert-OH is 2. The molecule has 7 nitrogen and oxygen atoms in total. The number of rotatable bonds is 11. The zero-order valence-corrected chi connectivity index (χ0v) is 17.6. The number of hydrogen-bond acceptors (Lipinski definition) is 7. The quantitative estimate of drug-likeness (QED) is 0.246. The number of carbonyl (C=O) groups excluding carboxylic acids is 2. The molecular weight excluding hydrogens is 398 g/mol. The summed E-state index contributed by atoms with van der Waals surface area (Å²) < 4.78 is 10.5. The lowest BCUT2D eigenvalue weighted by molar-refractivity contribution is -0.131. The van der Waals surface area contributed by atoms with Gasteiger partial charge in [-0.2, -0.15) is 0 Å². The van der Waals surface area contributed by atoms with Gasteiger partial charge >= 0.3 is 11.9 Å². The van der Waals surface area contributed by atoms with Gasteiger partial charge in [0.25, 0.3) is 0 Å². The van der Waals surface area contributed by atoms with Crippen LogP contribution in [0.1, 0.15) is 31.7 Å². The zero-order valence-electron chi connectivity index (χ0n) is 17.6. The second kappa shape index (κ2) is 11.8. The highest BCUT2D eigenvalue weighted by Crippen LogP contribution is 2.30. The van der Waals surface area contributed by atoms with E-state index in [1.165, 1.54) is 6.07 Å². The van der Waals surface area contributed by atoms with Crippen molar-refractivity contribution in [2.24, 2.45) is 0 Å². The number of aliphatic hydroxyl groups is 2. The number of nitrogens with zero attached hydrogens (tertiary/aromatic N) is 1. The molecule has 0 radical (unpaired) electrons. The summed E-state index contributed by atoms with van der Waals surface area (Å²) in [7, 11) is 0. The van der Waals surface area contributed by atoms with E-state index in [1.807, 2.05) is 12.1 Å². The first-order valence-corrected chi connectivity index (χ1v) is 10.00. The van der Waals surface area contributed by atoms with Gasteiger partial charge in [-0.25, -0.2) is 9.59 Å². The summed E-state index contributed by atoms with van der Waals surface area (Å²) in [6.07, 6.45) is 6.11. The van der Waals surface area contributed by atoms with Crippen LogP contribution < -0.4 is 9.47 Å². The number of esters is 2. The van der Waals surface area contributed by atoms with E-state index in [2.05, 4.69) is 25.1 Å². The Kier molecular flexibility index (Phi) is 9.12. The molecule has 0 aliphatic rings. The van der Waals surface area contributed by atoms with Crippen LogP contribution in [-0.4, -0.2) is 40.3 Å². The average Bonchev–Trinajstić information content (AvgIpc) is 2.78. The SMILES string of the molecule is C=C(CO)C(=O)Oc1cc(OC(=O)C(=C)CO)cc(-c2ccc(CCCCC)cn2)c1. The summed E-state index contributed by atoms with van der Waals surface area (Å²) in [4.78, 5) is 28.5. The molecule has 0 aliphatic carbocycles. The fraction of sp³-hybridized carbons (Fsp3) is 0.292. The first-order chi connectivity index (χ1) is 14.9. The lowest BCUT2D eigenvalue weighted by Crippen LogP contribution is -2.14. The van der Waals surface area contributed by atoms with Crippen LogP contribution in [0.2, 0.25) is 0 Å². The van der Waals surface area contributed by atoms with Crippen molar-refractivity contribution in [3.05, 3.63) is 66.4 Å². The summed E-state index contributed by atoms with van der Waals surface area (Å²) in [6.45, 7) is 7.93. The highest BCUT2D eigenvalue weighted by molar-refractivity contribution is 5.91. The van der Waals surface area contributed by atoms with Crippen LogP contribution in [0.3, 0.4) is 0 Å². The number of aromatic nitrogens is 1. The molecular formula is C24H27NO6. The van der Waals surface area contributed by atoms with Crippen molar-refractivity contribution >= 4 is 11.9 Å². The second-order valence-electron chi connectivity index (χ2n) is 7.00. The van der Waals surface area contributed by atoms with Gasteiger partial charge in [-0.15, -0.1) is 0 Å². The normalized spacial score (nSPS) is 10.4. The summed E-state index contributed by atoms with van der Waals surface area (Å²) in [5, 5.41) is 18.1. The smallest absolute Gasteiger partial charge is 0.341 e. The molecule has 0 atom stereocenters. The van der Waals surface area contributed by atoms with Crippen LogP contribution in [0, 0.1) is 0 Å². The Labute approximate surface area is 181 Å². The lowest BCUT2D eigenvalue weighted by atomic mass is 10.1. The monoisotopic (exact) mass is 425 g/mol. The Morgan fingerprint density at radius 1 is 0.935 bits per heavy atom. The van der Waals surface area contributed by atoms with Gasteiger partial charge in [0.2, 0.25) is 0 Å². The molecule has 31 heavy (non-hydrogen) atoms. The Hall–Kier alpha value is -3.29. The predicted octanol–water partition coefficient (Wildman–Crippen LogP) is 3.39. The molecule has 0 unspecified atom stereocenters. The molecule has 0 amide bonds. The minimum Gasteiger partial charge on any atom is -0.423 e. The van der Waals surface area contributed by atoms with E-state index < -0.39 is 25.2 Å². The molecule has 2 rings (SSSR count). The van der Waals surface area contributed by atoms with Crippen LogP contribution in [-0.2, 0) is 16.0 Å². The highest BCUT2D eigenvalue weighted by Gasteiger charge is 2.15. The molecule has 1 aromatic heterocycles. The standard InChI is InChI=1S/C24H27NO6/c1-4-5-6-7-18-8-9-22(25-13-18)19-10-20(30-23(28)16(2)14-26)12-21(11-19)31-24(29)17(3)15-27/h8-13,26-27H,2-7,14-15H2,1H3. The molecule has 0 bridgehead atoms. The van der Waals surface area contributed by atoms with E-state index in [1.54, 1.807) is 18.3 Å². The molecule has 1 heterocycles. The third-order valence-electron chi connectivity index (χ3n) is 4.45. The Balaban J connectivity index is 2.33. The molecule has 0 fully saturated rings. The molecule has 7 heteroatoms. The fourth-order valence-corrected chi connectivity index (χ4v) is 2.65. The molecule has 0 aliphatic heterocycles. The van der Waals surface area contributed by atoms with E-state index >= 15 is 0 Å². The van der Waals surface area contributed by atoms with Gasteiger partial charge in [-0.1, -0.05) is 39.0 Å². The second-order valence-corrected chi connectivity index (χ2v) is 7.00. The number of pyridine rings is 1. The maximum absolute atomic E-state index is 12.0. The number of unbranched alkanes of at least 4 members (excludes halogenated alkanes) is 2. The fourth-order valence-electron chi connectivity index (χ4n) is 2.65. The molecule has 0 saturated heterocycles. The zero-order chi connectivity index (χ0) is 22.8. The summed E-state index contributed by atoms with van der Waals surface area (Å²) in [5.74, 6) is -1.45. The van der Waals surface area contributed by atoms with E-state index in [9.17, 15) is 9.59 Å². The van der Waals surface area contributed by atoms with Gasteiger partial charge < -0.3 is 19.7 Å². The van der Waals surface area contributed by atoms with Crippen LogP contribution in [0.25, 0.3) is 11.3 Å². The van der Waals surface area contributed by atoms with Gasteiger partial charge in [0, 0.05) is 17.8 Å². The number of benzene rings is 1. The summed E-state index contributed by atoms with van der Waals surface area (Å²) in [6, 6.07) is 8.30. The van der Waals surface area contributed by atoms with Gasteiger partial charge in [0.05, 0.1) is 30.1 Å². The number of ether oxygens (including phenoxy) is 2. The van der Waals surface area contributed by atoms with Crippen LogP contribution in [0.4, 0.5) is 0 Å². The number of hydrogen-bond donors (Lipinski definition) is 2. The minimum absolute atomic E-state index is 0.0864. The summed E-state index contributed by atoms with van der Waals surface area (Å²) >= 11 is 0. The van der Waals surface area contributed by atoms with Gasteiger partial charge in [-0.05, 0) is 36.6 Å². The third-order valence-corrected chi connectivity index (χ3v) is 4.45. The van der Waals surface area contributed by atoms with Crippen LogP contribution in [0.5, 0.6) is 11.5 Å². The van der Waals surface area contributed by atoms with Crippen molar-refractivity contribution in [3.63, 3.8) is 0 Å². The molecule has 0 spiro atoms. The predicted molar refractivity (Wildman–Crippen MR) is 117 cm³/mol. The van der Waals surface area contributed by atoms with Gasteiger partial charge in [-0.3, -0.25) is 4.98 Å². The number of carbonyl (C=O) groups is 2. The van der Waals surface area contributed by atoms with Crippen LogP contribution in [0.15, 0.2) is 60.8 Å². The van der Waals surface area contributed by atoms with Crippen molar-refractivity contribution in [2.45, 2.75) is 32.6 Å². The van der Waals surface area contributed by atoms with Gasteiger partial charge in [0.1, 0.15) is 11.5 Å². The molecule has 0 saturated carbocycles. The average molecular weight is 425 g/mol. The van der Waals surface area contributed by atoms with Crippen molar-refractivity contribution in [1.29, 1.82) is 0 Å². The maximum atomic E-state index is 12.0. The third kappa shape index (κ3) is 7.16. The molecule has 164 valence electrons. The van der Waals surface area contributed by atoms with E-state index in [-0.39, 0.29) is 22.6 Å². The highest BCUT2D eigenvalue weighted by atomic mass is 16.5. The van der Waals surface area contributed by atoms with Crippen molar-refractivity contribution in [1.82, 2.24) is 4.98 Å². The molecule has 2 N–H and O–H groups in total. The Bertz CT molecular complexity index is 901. The topological polar surface area (TPSA) is 106 Å². The molecule has 2 aromatic rings. The van der Waals surface area contributed by atoms with Crippen LogP contribution >= 0.6 is 0 Å². The van der Waals surface area contributed by atoms with Gasteiger partial charge in [0.15, 0.2) is 0 Å². The van der Waals surface area contributed by atoms with Crippen molar-refractivity contribution in [2.75, 3.05) is 13.2 Å². The minimum atomic E-state index is -0.809. The van der Waals surface area contributed by atoms with E-state index in [0.29, 0.717) is 11.3 Å². The van der Waals surface area contributed by atoms with E-state index in [4.69, 9.17) is 19.7 Å².